The molecule has 0 unspecified atom stereocenters. The monoisotopic (exact) mass is 247 g/mol. The van der Waals surface area contributed by atoms with Crippen molar-refractivity contribution < 1.29 is 14.6 Å². The number of amides is 1. The van der Waals surface area contributed by atoms with E-state index in [0.717, 1.165) is 5.56 Å². The first-order chi connectivity index (χ1) is 8.70. The first kappa shape index (κ1) is 12.0. The van der Waals surface area contributed by atoms with Gasteiger partial charge in [-0.1, -0.05) is 0 Å². The van der Waals surface area contributed by atoms with Gasteiger partial charge in [0.1, 0.15) is 11.5 Å². The SMILES string of the molecule is COc1ccc(C(=O)NCc2cn[nH]c2)c(O)c1. The van der Waals surface area contributed by atoms with Crippen LogP contribution < -0.4 is 10.1 Å². The van der Waals surface area contributed by atoms with E-state index in [2.05, 4.69) is 15.5 Å². The molecule has 1 aromatic heterocycles. The molecule has 2 aromatic rings. The van der Waals surface area contributed by atoms with Crippen LogP contribution in [-0.2, 0) is 6.54 Å². The Hall–Kier alpha value is -2.50. The minimum Gasteiger partial charge on any atom is -0.507 e. The third-order valence-corrected chi connectivity index (χ3v) is 2.46. The van der Waals surface area contributed by atoms with Crippen molar-refractivity contribution in [2.75, 3.05) is 7.11 Å². The number of rotatable bonds is 4. The van der Waals surface area contributed by atoms with Gasteiger partial charge in [0.05, 0.1) is 18.9 Å². The molecule has 1 amide bonds. The first-order valence-electron chi connectivity index (χ1n) is 5.33. The minimum atomic E-state index is -0.351. The topological polar surface area (TPSA) is 87.2 Å². The highest BCUT2D eigenvalue weighted by Gasteiger charge is 2.11. The normalized spacial score (nSPS) is 10.1. The summed E-state index contributed by atoms with van der Waals surface area (Å²) in [6.45, 7) is 0.348. The van der Waals surface area contributed by atoms with Crippen molar-refractivity contribution in [2.24, 2.45) is 0 Å². The fourth-order valence-electron chi connectivity index (χ4n) is 1.48. The fourth-order valence-corrected chi connectivity index (χ4v) is 1.48. The summed E-state index contributed by atoms with van der Waals surface area (Å²) < 4.78 is 4.94. The maximum atomic E-state index is 11.8. The predicted molar refractivity (Wildman–Crippen MR) is 64.4 cm³/mol. The van der Waals surface area contributed by atoms with E-state index in [0.29, 0.717) is 12.3 Å². The van der Waals surface area contributed by atoms with Gasteiger partial charge >= 0.3 is 0 Å². The van der Waals surface area contributed by atoms with Crippen molar-refractivity contribution in [3.8, 4) is 11.5 Å². The number of nitrogens with one attached hydrogen (secondary N) is 2. The number of carbonyl (C=O) groups is 1. The van der Waals surface area contributed by atoms with Gasteiger partial charge in [-0.15, -0.1) is 0 Å². The van der Waals surface area contributed by atoms with Crippen LogP contribution in [0.1, 0.15) is 15.9 Å². The summed E-state index contributed by atoms with van der Waals surface area (Å²) in [4.78, 5) is 11.8. The molecule has 0 fully saturated rings. The van der Waals surface area contributed by atoms with E-state index in [1.54, 1.807) is 18.5 Å². The average molecular weight is 247 g/mol. The number of phenolic OH excluding ortho intramolecular Hbond substituents is 1. The predicted octanol–water partition coefficient (Wildman–Crippen LogP) is 1.05. The minimum absolute atomic E-state index is 0.112. The van der Waals surface area contributed by atoms with E-state index in [-0.39, 0.29) is 17.2 Å². The average Bonchev–Trinajstić information content (AvgIpc) is 2.88. The second-order valence-electron chi connectivity index (χ2n) is 3.67. The van der Waals surface area contributed by atoms with Crippen LogP contribution in [0.2, 0.25) is 0 Å². The maximum absolute atomic E-state index is 11.8. The molecule has 6 heteroatoms. The highest BCUT2D eigenvalue weighted by Crippen LogP contribution is 2.23. The lowest BCUT2D eigenvalue weighted by atomic mass is 10.1. The lowest BCUT2D eigenvalue weighted by Crippen LogP contribution is -2.22. The molecule has 0 saturated heterocycles. The van der Waals surface area contributed by atoms with Crippen molar-refractivity contribution in [3.05, 3.63) is 41.7 Å². The van der Waals surface area contributed by atoms with Crippen molar-refractivity contribution >= 4 is 5.91 Å². The standard InChI is InChI=1S/C12H13N3O3/c1-18-9-2-3-10(11(16)4-9)12(17)13-5-8-6-14-15-7-8/h2-4,6-7,16H,5H2,1H3,(H,13,17)(H,14,15). The van der Waals surface area contributed by atoms with Gasteiger partial charge in [-0.3, -0.25) is 9.89 Å². The number of methoxy groups -OCH3 is 1. The Bertz CT molecular complexity index is 538. The molecule has 0 aliphatic rings. The van der Waals surface area contributed by atoms with Crippen LogP contribution in [-0.4, -0.2) is 28.3 Å². The van der Waals surface area contributed by atoms with E-state index in [1.165, 1.54) is 19.2 Å². The molecule has 0 radical (unpaired) electrons. The Balaban J connectivity index is 2.04. The highest BCUT2D eigenvalue weighted by molar-refractivity contribution is 5.96. The highest BCUT2D eigenvalue weighted by atomic mass is 16.5. The molecule has 0 saturated carbocycles. The number of nitrogens with zero attached hydrogens (tertiary/aromatic N) is 1. The van der Waals surface area contributed by atoms with Crippen LogP contribution in [0, 0.1) is 0 Å². The van der Waals surface area contributed by atoms with Crippen molar-refractivity contribution in [2.45, 2.75) is 6.54 Å². The zero-order valence-corrected chi connectivity index (χ0v) is 9.80. The van der Waals surface area contributed by atoms with Crippen molar-refractivity contribution in [3.63, 3.8) is 0 Å². The zero-order valence-electron chi connectivity index (χ0n) is 9.80. The molecule has 1 heterocycles. The van der Waals surface area contributed by atoms with E-state index in [4.69, 9.17) is 4.74 Å². The number of hydrogen-bond acceptors (Lipinski definition) is 4. The number of phenols is 1. The molecule has 3 N–H and O–H groups in total. The molecule has 2 rings (SSSR count). The molecular weight excluding hydrogens is 234 g/mol. The number of ether oxygens (including phenoxy) is 1. The lowest BCUT2D eigenvalue weighted by Gasteiger charge is -2.07. The smallest absolute Gasteiger partial charge is 0.255 e. The lowest BCUT2D eigenvalue weighted by molar-refractivity contribution is 0.0948. The zero-order chi connectivity index (χ0) is 13.0. The fraction of sp³-hybridized carbons (Fsp3) is 0.167. The molecule has 0 atom stereocenters. The van der Waals surface area contributed by atoms with Gasteiger partial charge in [-0.05, 0) is 12.1 Å². The van der Waals surface area contributed by atoms with Gasteiger partial charge in [-0.25, -0.2) is 0 Å². The summed E-state index contributed by atoms with van der Waals surface area (Å²) in [7, 11) is 1.49. The number of benzene rings is 1. The Morgan fingerprint density at radius 2 is 2.39 bits per heavy atom. The first-order valence-corrected chi connectivity index (χ1v) is 5.33. The van der Waals surface area contributed by atoms with Gasteiger partial charge < -0.3 is 15.2 Å². The third-order valence-electron chi connectivity index (χ3n) is 2.46. The second kappa shape index (κ2) is 5.22. The van der Waals surface area contributed by atoms with Crippen LogP contribution in [0.3, 0.4) is 0 Å². The Morgan fingerprint density at radius 1 is 1.56 bits per heavy atom. The van der Waals surface area contributed by atoms with Crippen molar-refractivity contribution in [1.82, 2.24) is 15.5 Å². The van der Waals surface area contributed by atoms with Crippen LogP contribution in [0.4, 0.5) is 0 Å². The summed E-state index contributed by atoms with van der Waals surface area (Å²) in [6.07, 6.45) is 3.31. The quantitative estimate of drug-likeness (QED) is 0.753. The number of hydrogen-bond donors (Lipinski definition) is 3. The Labute approximate surface area is 104 Å². The molecule has 0 spiro atoms. The summed E-state index contributed by atoms with van der Waals surface area (Å²) in [5, 5.41) is 18.8. The molecule has 0 bridgehead atoms. The Kier molecular flexibility index (Phi) is 3.47. The number of aromatic hydroxyl groups is 1. The molecule has 1 aromatic carbocycles. The number of carbonyl (C=O) groups excluding carboxylic acids is 1. The summed E-state index contributed by atoms with van der Waals surface area (Å²) in [5.41, 5.74) is 1.07. The van der Waals surface area contributed by atoms with Gasteiger partial charge in [0.2, 0.25) is 0 Å². The molecule has 18 heavy (non-hydrogen) atoms. The number of aromatic amines is 1. The van der Waals surface area contributed by atoms with Crippen LogP contribution in [0.25, 0.3) is 0 Å². The van der Waals surface area contributed by atoms with Crippen LogP contribution in [0.15, 0.2) is 30.6 Å². The van der Waals surface area contributed by atoms with Gasteiger partial charge in [0.15, 0.2) is 0 Å². The van der Waals surface area contributed by atoms with E-state index in [1.807, 2.05) is 0 Å². The summed E-state index contributed by atoms with van der Waals surface area (Å²) in [6, 6.07) is 4.53. The third kappa shape index (κ3) is 2.60. The maximum Gasteiger partial charge on any atom is 0.255 e. The second-order valence-corrected chi connectivity index (χ2v) is 3.67. The molecule has 0 aliphatic heterocycles. The van der Waals surface area contributed by atoms with Gasteiger partial charge in [0.25, 0.3) is 5.91 Å². The van der Waals surface area contributed by atoms with E-state index in [9.17, 15) is 9.90 Å². The molecule has 6 nitrogen and oxygen atoms in total. The van der Waals surface area contributed by atoms with Crippen LogP contribution >= 0.6 is 0 Å². The van der Waals surface area contributed by atoms with E-state index < -0.39 is 0 Å². The molecule has 94 valence electrons. The molecular formula is C12H13N3O3. The van der Waals surface area contributed by atoms with Gasteiger partial charge in [-0.2, -0.15) is 5.10 Å². The number of aromatic nitrogens is 2. The number of H-pyrrole nitrogens is 1. The largest absolute Gasteiger partial charge is 0.507 e. The summed E-state index contributed by atoms with van der Waals surface area (Å²) in [5.74, 6) is 0.0364. The van der Waals surface area contributed by atoms with Gasteiger partial charge in [0, 0.05) is 24.4 Å². The Morgan fingerprint density at radius 3 is 3.00 bits per heavy atom. The summed E-state index contributed by atoms with van der Waals surface area (Å²) >= 11 is 0. The van der Waals surface area contributed by atoms with Crippen LogP contribution in [0.5, 0.6) is 11.5 Å². The van der Waals surface area contributed by atoms with Crippen molar-refractivity contribution in [1.29, 1.82) is 0 Å². The molecule has 0 aliphatic carbocycles. The van der Waals surface area contributed by atoms with E-state index >= 15 is 0 Å².